The SMILES string of the molecule is CNc1cc(NCc2ccccc2C)nc(C2CC2)n1. The number of hydrogen-bond acceptors (Lipinski definition) is 4. The number of aromatic nitrogens is 2. The van der Waals surface area contributed by atoms with Crippen LogP contribution in [-0.4, -0.2) is 17.0 Å². The van der Waals surface area contributed by atoms with Crippen LogP contribution in [0.3, 0.4) is 0 Å². The highest BCUT2D eigenvalue weighted by molar-refractivity contribution is 5.48. The van der Waals surface area contributed by atoms with Gasteiger partial charge in [-0.15, -0.1) is 0 Å². The predicted octanol–water partition coefficient (Wildman–Crippen LogP) is 3.32. The first-order chi connectivity index (χ1) is 9.76. The lowest BCUT2D eigenvalue weighted by Crippen LogP contribution is -2.07. The summed E-state index contributed by atoms with van der Waals surface area (Å²) in [6, 6.07) is 10.4. The standard InChI is InChI=1S/C16H20N4/c1-11-5-3-4-6-13(11)10-18-15-9-14(17-2)19-16(20-15)12-7-8-12/h3-6,9,12H,7-8,10H2,1-2H3,(H2,17,18,19,20). The quantitative estimate of drug-likeness (QED) is 0.873. The van der Waals surface area contributed by atoms with Crippen LogP contribution in [0.15, 0.2) is 30.3 Å². The Labute approximate surface area is 119 Å². The third kappa shape index (κ3) is 2.90. The second-order valence-electron chi connectivity index (χ2n) is 5.30. The molecule has 1 saturated carbocycles. The molecule has 1 fully saturated rings. The highest BCUT2D eigenvalue weighted by Crippen LogP contribution is 2.38. The van der Waals surface area contributed by atoms with E-state index in [-0.39, 0.29) is 0 Å². The number of hydrogen-bond donors (Lipinski definition) is 2. The summed E-state index contributed by atoms with van der Waals surface area (Å²) in [5.74, 6) is 3.30. The maximum absolute atomic E-state index is 4.63. The van der Waals surface area contributed by atoms with Crippen molar-refractivity contribution < 1.29 is 0 Å². The topological polar surface area (TPSA) is 49.8 Å². The van der Waals surface area contributed by atoms with Crippen molar-refractivity contribution in [2.45, 2.75) is 32.2 Å². The van der Waals surface area contributed by atoms with Crippen LogP contribution in [0.4, 0.5) is 11.6 Å². The molecule has 0 radical (unpaired) electrons. The number of rotatable bonds is 5. The minimum atomic E-state index is 0.558. The van der Waals surface area contributed by atoms with Crippen molar-refractivity contribution in [2.24, 2.45) is 0 Å². The van der Waals surface area contributed by atoms with Crippen LogP contribution < -0.4 is 10.6 Å². The molecule has 104 valence electrons. The van der Waals surface area contributed by atoms with E-state index in [0.717, 1.165) is 24.0 Å². The summed E-state index contributed by atoms with van der Waals surface area (Å²) in [6.07, 6.45) is 2.43. The van der Waals surface area contributed by atoms with E-state index in [0.29, 0.717) is 5.92 Å². The van der Waals surface area contributed by atoms with E-state index in [1.807, 2.05) is 13.1 Å². The van der Waals surface area contributed by atoms with Gasteiger partial charge in [-0.3, -0.25) is 0 Å². The highest BCUT2D eigenvalue weighted by atomic mass is 15.1. The minimum absolute atomic E-state index is 0.558. The van der Waals surface area contributed by atoms with E-state index < -0.39 is 0 Å². The van der Waals surface area contributed by atoms with E-state index in [9.17, 15) is 0 Å². The Bertz CT molecular complexity index is 605. The molecule has 0 aliphatic heterocycles. The molecule has 1 aromatic carbocycles. The number of aryl methyl sites for hydroxylation is 1. The van der Waals surface area contributed by atoms with Crippen LogP contribution in [0, 0.1) is 6.92 Å². The lowest BCUT2D eigenvalue weighted by Gasteiger charge is -2.11. The van der Waals surface area contributed by atoms with Gasteiger partial charge in [0.25, 0.3) is 0 Å². The largest absolute Gasteiger partial charge is 0.373 e. The predicted molar refractivity (Wildman–Crippen MR) is 82.1 cm³/mol. The van der Waals surface area contributed by atoms with Gasteiger partial charge in [0.05, 0.1) is 0 Å². The van der Waals surface area contributed by atoms with E-state index in [2.05, 4.69) is 51.8 Å². The molecular formula is C16H20N4. The molecule has 20 heavy (non-hydrogen) atoms. The molecule has 4 heteroatoms. The molecule has 0 unspecified atom stereocenters. The summed E-state index contributed by atoms with van der Waals surface area (Å²) < 4.78 is 0. The average Bonchev–Trinajstić information content (AvgIpc) is 3.31. The third-order valence-electron chi connectivity index (χ3n) is 3.66. The molecule has 4 nitrogen and oxygen atoms in total. The van der Waals surface area contributed by atoms with Crippen LogP contribution in [0.5, 0.6) is 0 Å². The first-order valence-corrected chi connectivity index (χ1v) is 7.11. The van der Waals surface area contributed by atoms with Crippen molar-refractivity contribution in [3.63, 3.8) is 0 Å². The lowest BCUT2D eigenvalue weighted by atomic mass is 10.1. The van der Waals surface area contributed by atoms with E-state index in [4.69, 9.17) is 0 Å². The fourth-order valence-corrected chi connectivity index (χ4v) is 2.20. The molecule has 1 heterocycles. The van der Waals surface area contributed by atoms with Crippen molar-refractivity contribution in [1.29, 1.82) is 0 Å². The van der Waals surface area contributed by atoms with Gasteiger partial charge >= 0.3 is 0 Å². The van der Waals surface area contributed by atoms with Gasteiger partial charge in [0.2, 0.25) is 0 Å². The minimum Gasteiger partial charge on any atom is -0.373 e. The lowest BCUT2D eigenvalue weighted by molar-refractivity contribution is 0.922. The number of nitrogens with zero attached hydrogens (tertiary/aromatic N) is 2. The molecule has 1 aromatic heterocycles. The fourth-order valence-electron chi connectivity index (χ4n) is 2.20. The van der Waals surface area contributed by atoms with Crippen molar-refractivity contribution in [3.05, 3.63) is 47.3 Å². The molecule has 0 amide bonds. The Balaban J connectivity index is 1.76. The third-order valence-corrected chi connectivity index (χ3v) is 3.66. The second kappa shape index (κ2) is 5.49. The summed E-state index contributed by atoms with van der Waals surface area (Å²) in [6.45, 7) is 2.92. The van der Waals surface area contributed by atoms with E-state index in [1.165, 1.54) is 24.0 Å². The van der Waals surface area contributed by atoms with Gasteiger partial charge < -0.3 is 10.6 Å². The molecule has 3 rings (SSSR count). The Morgan fingerprint density at radius 1 is 1.15 bits per heavy atom. The first-order valence-electron chi connectivity index (χ1n) is 7.11. The maximum atomic E-state index is 4.63. The van der Waals surface area contributed by atoms with Crippen LogP contribution >= 0.6 is 0 Å². The van der Waals surface area contributed by atoms with Crippen LogP contribution in [0.1, 0.15) is 35.7 Å². The summed E-state index contributed by atoms with van der Waals surface area (Å²) in [5, 5.41) is 6.52. The molecule has 0 bridgehead atoms. The fraction of sp³-hybridized carbons (Fsp3) is 0.375. The Kier molecular flexibility index (Phi) is 3.54. The van der Waals surface area contributed by atoms with Gasteiger partial charge in [-0.05, 0) is 30.9 Å². The number of benzene rings is 1. The van der Waals surface area contributed by atoms with Crippen LogP contribution in [0.2, 0.25) is 0 Å². The van der Waals surface area contributed by atoms with Gasteiger partial charge in [-0.25, -0.2) is 9.97 Å². The van der Waals surface area contributed by atoms with E-state index in [1.54, 1.807) is 0 Å². The number of anilines is 2. The van der Waals surface area contributed by atoms with Gasteiger partial charge in [0.15, 0.2) is 0 Å². The first kappa shape index (κ1) is 12.9. The molecule has 0 spiro atoms. The highest BCUT2D eigenvalue weighted by Gasteiger charge is 2.27. The zero-order chi connectivity index (χ0) is 13.9. The van der Waals surface area contributed by atoms with Crippen LogP contribution in [0.25, 0.3) is 0 Å². The van der Waals surface area contributed by atoms with Crippen molar-refractivity contribution in [2.75, 3.05) is 17.7 Å². The average molecular weight is 268 g/mol. The van der Waals surface area contributed by atoms with Crippen LogP contribution in [-0.2, 0) is 6.54 Å². The molecule has 1 aliphatic carbocycles. The smallest absolute Gasteiger partial charge is 0.136 e. The normalized spacial score (nSPS) is 14.1. The van der Waals surface area contributed by atoms with Gasteiger partial charge in [0.1, 0.15) is 17.5 Å². The summed E-state index contributed by atoms with van der Waals surface area (Å²) in [7, 11) is 1.89. The van der Waals surface area contributed by atoms with Crippen molar-refractivity contribution in [1.82, 2.24) is 9.97 Å². The Hall–Kier alpha value is -2.10. The monoisotopic (exact) mass is 268 g/mol. The maximum Gasteiger partial charge on any atom is 0.136 e. The zero-order valence-corrected chi connectivity index (χ0v) is 12.0. The number of nitrogens with one attached hydrogen (secondary N) is 2. The Morgan fingerprint density at radius 3 is 2.60 bits per heavy atom. The van der Waals surface area contributed by atoms with Crippen molar-refractivity contribution in [3.8, 4) is 0 Å². The molecule has 0 atom stereocenters. The van der Waals surface area contributed by atoms with Gasteiger partial charge in [0, 0.05) is 25.6 Å². The van der Waals surface area contributed by atoms with E-state index >= 15 is 0 Å². The van der Waals surface area contributed by atoms with Crippen molar-refractivity contribution >= 4 is 11.6 Å². The zero-order valence-electron chi connectivity index (χ0n) is 12.0. The molecule has 0 saturated heterocycles. The molecular weight excluding hydrogens is 248 g/mol. The second-order valence-corrected chi connectivity index (χ2v) is 5.30. The molecule has 2 aromatic rings. The summed E-state index contributed by atoms with van der Waals surface area (Å²) in [4.78, 5) is 9.15. The summed E-state index contributed by atoms with van der Waals surface area (Å²) >= 11 is 0. The molecule has 2 N–H and O–H groups in total. The van der Waals surface area contributed by atoms with Gasteiger partial charge in [-0.2, -0.15) is 0 Å². The Morgan fingerprint density at radius 2 is 1.90 bits per heavy atom. The summed E-state index contributed by atoms with van der Waals surface area (Å²) in [5.41, 5.74) is 2.59. The molecule has 1 aliphatic rings. The van der Waals surface area contributed by atoms with Gasteiger partial charge in [-0.1, -0.05) is 24.3 Å².